The van der Waals surface area contributed by atoms with E-state index in [1.54, 1.807) is 0 Å². The SMILES string of the molecule is Cl.O=C(CSc1nnc(-c2c[nH]c3ccccc23)o1)Nc1ccc(N2CCOCC2)cc1. The van der Waals surface area contributed by atoms with Crippen LogP contribution in [0.3, 0.4) is 0 Å². The Labute approximate surface area is 195 Å². The number of aromatic nitrogens is 3. The summed E-state index contributed by atoms with van der Waals surface area (Å²) in [6, 6.07) is 15.8. The highest BCUT2D eigenvalue weighted by molar-refractivity contribution is 7.99. The van der Waals surface area contributed by atoms with Crippen LogP contribution < -0.4 is 10.2 Å². The lowest BCUT2D eigenvalue weighted by atomic mass is 10.2. The van der Waals surface area contributed by atoms with Crippen LogP contribution in [0.2, 0.25) is 0 Å². The minimum atomic E-state index is -0.129. The van der Waals surface area contributed by atoms with Crippen LogP contribution in [0.25, 0.3) is 22.4 Å². The molecule has 0 aliphatic carbocycles. The minimum Gasteiger partial charge on any atom is -0.411 e. The van der Waals surface area contributed by atoms with Crippen molar-refractivity contribution < 1.29 is 13.9 Å². The molecule has 2 aromatic carbocycles. The third-order valence-electron chi connectivity index (χ3n) is 5.08. The molecule has 2 N–H and O–H groups in total. The molecule has 1 fully saturated rings. The van der Waals surface area contributed by atoms with Crippen molar-refractivity contribution in [1.29, 1.82) is 0 Å². The third-order valence-corrected chi connectivity index (χ3v) is 5.90. The van der Waals surface area contributed by atoms with Crippen molar-refractivity contribution in [2.24, 2.45) is 0 Å². The van der Waals surface area contributed by atoms with E-state index in [0.29, 0.717) is 11.1 Å². The summed E-state index contributed by atoms with van der Waals surface area (Å²) >= 11 is 1.21. The summed E-state index contributed by atoms with van der Waals surface area (Å²) in [5.74, 6) is 0.482. The van der Waals surface area contributed by atoms with E-state index in [4.69, 9.17) is 9.15 Å². The largest absolute Gasteiger partial charge is 0.411 e. The lowest BCUT2D eigenvalue weighted by Crippen LogP contribution is -2.36. The highest BCUT2D eigenvalue weighted by Crippen LogP contribution is 2.29. The quantitative estimate of drug-likeness (QED) is 0.406. The molecule has 0 radical (unpaired) electrons. The number of thioether (sulfide) groups is 1. The molecule has 0 unspecified atom stereocenters. The first kappa shape index (κ1) is 22.2. The van der Waals surface area contributed by atoms with Crippen molar-refractivity contribution in [1.82, 2.24) is 15.2 Å². The zero-order valence-corrected chi connectivity index (χ0v) is 18.7. The second kappa shape index (κ2) is 10.1. The molecule has 1 aliphatic heterocycles. The standard InChI is InChI=1S/C22H21N5O3S.ClH/c28-20(24-15-5-7-16(8-6-15)27-9-11-29-12-10-27)14-31-22-26-25-21(30-22)18-13-23-19-4-2-1-3-17(18)19;/h1-8,13,23H,9-12,14H2,(H,24,28);1H. The van der Waals surface area contributed by atoms with E-state index in [1.165, 1.54) is 11.8 Å². The Morgan fingerprint density at radius 2 is 1.88 bits per heavy atom. The molecule has 2 aromatic heterocycles. The number of halogens is 1. The number of hydrogen-bond donors (Lipinski definition) is 2. The van der Waals surface area contributed by atoms with Gasteiger partial charge in [0.1, 0.15) is 0 Å². The minimum absolute atomic E-state index is 0. The van der Waals surface area contributed by atoms with Crippen LogP contribution in [0.5, 0.6) is 0 Å². The highest BCUT2D eigenvalue weighted by atomic mass is 35.5. The molecule has 0 bridgehead atoms. The van der Waals surface area contributed by atoms with Crippen LogP contribution in [0, 0.1) is 0 Å². The van der Waals surface area contributed by atoms with Crippen LogP contribution in [0.4, 0.5) is 11.4 Å². The molecule has 5 rings (SSSR count). The lowest BCUT2D eigenvalue weighted by Gasteiger charge is -2.28. The molecule has 0 spiro atoms. The number of para-hydroxylation sites is 1. The molecule has 1 amide bonds. The Morgan fingerprint density at radius 1 is 1.09 bits per heavy atom. The van der Waals surface area contributed by atoms with Crippen molar-refractivity contribution in [2.45, 2.75) is 5.22 Å². The number of nitrogens with one attached hydrogen (secondary N) is 2. The number of carbonyl (C=O) groups excluding carboxylic acids is 1. The number of rotatable bonds is 6. The Kier molecular flexibility index (Phi) is 6.99. The molecule has 3 heterocycles. The van der Waals surface area contributed by atoms with Gasteiger partial charge in [-0.15, -0.1) is 22.6 Å². The molecule has 0 atom stereocenters. The number of ether oxygens (including phenoxy) is 1. The summed E-state index contributed by atoms with van der Waals surface area (Å²) in [5, 5.41) is 12.5. The van der Waals surface area contributed by atoms with Gasteiger partial charge in [-0.25, -0.2) is 0 Å². The summed E-state index contributed by atoms with van der Waals surface area (Å²) in [7, 11) is 0. The number of benzene rings is 2. The van der Waals surface area contributed by atoms with Crippen molar-refractivity contribution in [2.75, 3.05) is 42.3 Å². The fourth-order valence-corrected chi connectivity index (χ4v) is 4.09. The fourth-order valence-electron chi connectivity index (χ4n) is 3.53. The summed E-state index contributed by atoms with van der Waals surface area (Å²) in [6.45, 7) is 3.25. The van der Waals surface area contributed by atoms with Crippen molar-refractivity contribution in [3.8, 4) is 11.5 Å². The van der Waals surface area contributed by atoms with E-state index in [1.807, 2.05) is 54.7 Å². The average Bonchev–Trinajstić information content (AvgIpc) is 3.46. The van der Waals surface area contributed by atoms with Crippen molar-refractivity contribution in [3.63, 3.8) is 0 Å². The average molecular weight is 472 g/mol. The van der Waals surface area contributed by atoms with Gasteiger partial charge in [-0.05, 0) is 30.3 Å². The lowest BCUT2D eigenvalue weighted by molar-refractivity contribution is -0.113. The van der Waals surface area contributed by atoms with E-state index in [-0.39, 0.29) is 24.1 Å². The van der Waals surface area contributed by atoms with Gasteiger partial charge in [0, 0.05) is 41.6 Å². The fraction of sp³-hybridized carbons (Fsp3) is 0.227. The smallest absolute Gasteiger partial charge is 0.277 e. The predicted octanol–water partition coefficient (Wildman–Crippen LogP) is 4.21. The summed E-state index contributed by atoms with van der Waals surface area (Å²) < 4.78 is 11.1. The Morgan fingerprint density at radius 3 is 2.69 bits per heavy atom. The van der Waals surface area contributed by atoms with Crippen LogP contribution in [-0.2, 0) is 9.53 Å². The number of nitrogens with zero attached hydrogens (tertiary/aromatic N) is 3. The monoisotopic (exact) mass is 471 g/mol. The van der Waals surface area contributed by atoms with E-state index >= 15 is 0 Å². The number of aromatic amines is 1. The third kappa shape index (κ3) is 4.90. The van der Waals surface area contributed by atoms with Crippen LogP contribution >= 0.6 is 24.2 Å². The van der Waals surface area contributed by atoms with E-state index in [0.717, 1.165) is 54.1 Å². The Hall–Kier alpha value is -3.01. The number of amides is 1. The van der Waals surface area contributed by atoms with Gasteiger partial charge in [-0.3, -0.25) is 4.79 Å². The van der Waals surface area contributed by atoms with E-state index in [9.17, 15) is 4.79 Å². The highest BCUT2D eigenvalue weighted by Gasteiger charge is 2.15. The molecule has 1 saturated heterocycles. The predicted molar refractivity (Wildman–Crippen MR) is 128 cm³/mol. The number of carbonyl (C=O) groups is 1. The summed E-state index contributed by atoms with van der Waals surface area (Å²) in [5.41, 5.74) is 3.74. The van der Waals surface area contributed by atoms with Gasteiger partial charge >= 0.3 is 0 Å². The summed E-state index contributed by atoms with van der Waals surface area (Å²) in [6.07, 6.45) is 1.85. The molecule has 166 valence electrons. The molecular weight excluding hydrogens is 450 g/mol. The Bertz CT molecular complexity index is 1190. The van der Waals surface area contributed by atoms with Crippen LogP contribution in [0.15, 0.2) is 64.4 Å². The van der Waals surface area contributed by atoms with E-state index < -0.39 is 0 Å². The number of fused-ring (bicyclic) bond motifs is 1. The van der Waals surface area contributed by atoms with Crippen molar-refractivity contribution >= 4 is 52.4 Å². The molecule has 32 heavy (non-hydrogen) atoms. The molecule has 8 nitrogen and oxygen atoms in total. The second-order valence-electron chi connectivity index (χ2n) is 7.10. The zero-order valence-electron chi connectivity index (χ0n) is 17.1. The van der Waals surface area contributed by atoms with Gasteiger partial charge < -0.3 is 24.4 Å². The molecular formula is C22H22ClN5O3S. The number of hydrogen-bond acceptors (Lipinski definition) is 7. The van der Waals surface area contributed by atoms with Gasteiger partial charge in [-0.1, -0.05) is 30.0 Å². The topological polar surface area (TPSA) is 96.3 Å². The van der Waals surface area contributed by atoms with Gasteiger partial charge in [0.05, 0.1) is 24.5 Å². The summed E-state index contributed by atoms with van der Waals surface area (Å²) in [4.78, 5) is 17.8. The maximum absolute atomic E-state index is 12.3. The van der Waals surface area contributed by atoms with Gasteiger partial charge in [0.25, 0.3) is 11.1 Å². The molecule has 10 heteroatoms. The molecule has 1 aliphatic rings. The first-order valence-corrected chi connectivity index (χ1v) is 11.0. The van der Waals surface area contributed by atoms with Crippen LogP contribution in [-0.4, -0.2) is 53.1 Å². The Balaban J connectivity index is 0.00000245. The molecule has 4 aromatic rings. The maximum atomic E-state index is 12.3. The van der Waals surface area contributed by atoms with Crippen molar-refractivity contribution in [3.05, 3.63) is 54.7 Å². The van der Waals surface area contributed by atoms with Gasteiger partial charge in [-0.2, -0.15) is 0 Å². The number of morpholine rings is 1. The maximum Gasteiger partial charge on any atom is 0.277 e. The number of anilines is 2. The molecule has 0 saturated carbocycles. The first-order valence-electron chi connectivity index (χ1n) is 10.0. The van der Waals surface area contributed by atoms with E-state index in [2.05, 4.69) is 25.4 Å². The first-order chi connectivity index (χ1) is 15.3. The second-order valence-corrected chi connectivity index (χ2v) is 8.03. The zero-order chi connectivity index (χ0) is 21.0. The van der Waals surface area contributed by atoms with Crippen LogP contribution in [0.1, 0.15) is 0 Å². The number of H-pyrrole nitrogens is 1. The van der Waals surface area contributed by atoms with Gasteiger partial charge in [0.2, 0.25) is 5.91 Å². The van der Waals surface area contributed by atoms with Gasteiger partial charge in [0.15, 0.2) is 0 Å². The normalized spacial score (nSPS) is 13.7.